The second-order valence-corrected chi connectivity index (χ2v) is 5.92. The van der Waals surface area contributed by atoms with E-state index < -0.39 is 0 Å². The molecule has 5 unspecified atom stereocenters. The molecule has 0 amide bonds. The summed E-state index contributed by atoms with van der Waals surface area (Å²) in [6, 6.07) is 1.49. The summed E-state index contributed by atoms with van der Waals surface area (Å²) >= 11 is 0. The predicted octanol–water partition coefficient (Wildman–Crippen LogP) is 2.00. The smallest absolute Gasteiger partial charge is 0.0703 e. The van der Waals surface area contributed by atoms with Gasteiger partial charge in [-0.2, -0.15) is 0 Å². The van der Waals surface area contributed by atoms with Crippen molar-refractivity contribution in [3.8, 4) is 0 Å². The molecule has 0 radical (unpaired) electrons. The molecule has 100 valence electrons. The zero-order valence-electron chi connectivity index (χ0n) is 11.6. The fourth-order valence-electron chi connectivity index (χ4n) is 3.59. The van der Waals surface area contributed by atoms with E-state index in [1.807, 2.05) is 0 Å². The van der Waals surface area contributed by atoms with Crippen LogP contribution in [0.1, 0.15) is 46.0 Å². The fourth-order valence-corrected chi connectivity index (χ4v) is 3.59. The SMILES string of the molecule is CCC1CCC(N)C(N(C)C2CCOC2C)C1. The summed E-state index contributed by atoms with van der Waals surface area (Å²) in [5, 5.41) is 0. The monoisotopic (exact) mass is 240 g/mol. The molecular weight excluding hydrogens is 212 g/mol. The standard InChI is InChI=1S/C14H28N2O/c1-4-11-5-6-12(15)14(9-11)16(3)13-7-8-17-10(13)2/h10-14H,4-9,15H2,1-3H3. The van der Waals surface area contributed by atoms with E-state index in [2.05, 4.69) is 25.8 Å². The van der Waals surface area contributed by atoms with E-state index in [1.54, 1.807) is 0 Å². The molecule has 5 atom stereocenters. The molecule has 0 aromatic carbocycles. The number of nitrogens with zero attached hydrogens (tertiary/aromatic N) is 1. The van der Waals surface area contributed by atoms with E-state index in [0.29, 0.717) is 24.2 Å². The van der Waals surface area contributed by atoms with Crippen LogP contribution in [0.3, 0.4) is 0 Å². The van der Waals surface area contributed by atoms with Gasteiger partial charge < -0.3 is 10.5 Å². The van der Waals surface area contributed by atoms with Crippen LogP contribution in [0.25, 0.3) is 0 Å². The third-order valence-electron chi connectivity index (χ3n) is 4.94. The fraction of sp³-hybridized carbons (Fsp3) is 1.00. The lowest BCUT2D eigenvalue weighted by atomic mass is 9.80. The Morgan fingerprint density at radius 3 is 2.59 bits per heavy atom. The molecular formula is C14H28N2O. The molecule has 2 aliphatic rings. The number of likely N-dealkylation sites (N-methyl/N-ethyl adjacent to an activating group) is 1. The first-order valence-corrected chi connectivity index (χ1v) is 7.22. The van der Waals surface area contributed by atoms with Crippen molar-refractivity contribution in [2.45, 2.75) is 70.2 Å². The molecule has 0 aromatic heterocycles. The first-order valence-electron chi connectivity index (χ1n) is 7.22. The molecule has 1 saturated heterocycles. The second kappa shape index (κ2) is 5.68. The van der Waals surface area contributed by atoms with Gasteiger partial charge in [0.05, 0.1) is 6.10 Å². The topological polar surface area (TPSA) is 38.5 Å². The van der Waals surface area contributed by atoms with Crippen molar-refractivity contribution >= 4 is 0 Å². The van der Waals surface area contributed by atoms with Gasteiger partial charge in [-0.1, -0.05) is 13.3 Å². The Balaban J connectivity index is 1.98. The lowest BCUT2D eigenvalue weighted by Gasteiger charge is -2.42. The number of nitrogens with two attached hydrogens (primary N) is 1. The van der Waals surface area contributed by atoms with Crippen LogP contribution < -0.4 is 5.73 Å². The molecule has 0 aromatic rings. The Kier molecular flexibility index (Phi) is 4.45. The summed E-state index contributed by atoms with van der Waals surface area (Å²) in [5.41, 5.74) is 6.33. The van der Waals surface area contributed by atoms with Gasteiger partial charge in [0.25, 0.3) is 0 Å². The maximum absolute atomic E-state index is 6.33. The van der Waals surface area contributed by atoms with E-state index in [9.17, 15) is 0 Å². The Morgan fingerprint density at radius 1 is 1.24 bits per heavy atom. The van der Waals surface area contributed by atoms with E-state index in [1.165, 1.54) is 25.7 Å². The van der Waals surface area contributed by atoms with E-state index in [0.717, 1.165) is 18.9 Å². The van der Waals surface area contributed by atoms with Gasteiger partial charge in [-0.3, -0.25) is 4.90 Å². The number of ether oxygens (including phenoxy) is 1. The third kappa shape index (κ3) is 2.83. The van der Waals surface area contributed by atoms with Crippen molar-refractivity contribution in [3.05, 3.63) is 0 Å². The minimum atomic E-state index is 0.357. The highest BCUT2D eigenvalue weighted by molar-refractivity contribution is 4.93. The van der Waals surface area contributed by atoms with Gasteiger partial charge in [0, 0.05) is 24.7 Å². The van der Waals surface area contributed by atoms with Gasteiger partial charge in [0.1, 0.15) is 0 Å². The maximum Gasteiger partial charge on any atom is 0.0703 e. The second-order valence-electron chi connectivity index (χ2n) is 5.92. The van der Waals surface area contributed by atoms with Crippen molar-refractivity contribution in [2.75, 3.05) is 13.7 Å². The molecule has 3 heteroatoms. The van der Waals surface area contributed by atoms with Gasteiger partial charge in [-0.05, 0) is 45.6 Å². The minimum Gasteiger partial charge on any atom is -0.377 e. The molecule has 2 rings (SSSR count). The summed E-state index contributed by atoms with van der Waals surface area (Å²) in [4.78, 5) is 2.52. The van der Waals surface area contributed by atoms with Crippen LogP contribution in [-0.4, -0.2) is 42.8 Å². The molecule has 0 bridgehead atoms. The quantitative estimate of drug-likeness (QED) is 0.820. The first-order chi connectivity index (χ1) is 8.13. The van der Waals surface area contributed by atoms with Crippen molar-refractivity contribution in [3.63, 3.8) is 0 Å². The minimum absolute atomic E-state index is 0.357. The summed E-state index contributed by atoms with van der Waals surface area (Å²) < 4.78 is 5.68. The Labute approximate surface area is 106 Å². The predicted molar refractivity (Wildman–Crippen MR) is 71.0 cm³/mol. The van der Waals surface area contributed by atoms with Gasteiger partial charge in [-0.15, -0.1) is 0 Å². The number of hydrogen-bond acceptors (Lipinski definition) is 3. The molecule has 1 aliphatic carbocycles. The maximum atomic E-state index is 6.33. The van der Waals surface area contributed by atoms with Gasteiger partial charge in [0.15, 0.2) is 0 Å². The Morgan fingerprint density at radius 2 is 2.00 bits per heavy atom. The number of rotatable bonds is 3. The van der Waals surface area contributed by atoms with Crippen LogP contribution in [0, 0.1) is 5.92 Å². The zero-order chi connectivity index (χ0) is 12.4. The van der Waals surface area contributed by atoms with Crippen LogP contribution >= 0.6 is 0 Å². The zero-order valence-corrected chi connectivity index (χ0v) is 11.6. The van der Waals surface area contributed by atoms with Crippen molar-refractivity contribution < 1.29 is 4.74 Å². The van der Waals surface area contributed by atoms with Gasteiger partial charge >= 0.3 is 0 Å². The molecule has 1 aliphatic heterocycles. The highest BCUT2D eigenvalue weighted by atomic mass is 16.5. The lowest BCUT2D eigenvalue weighted by molar-refractivity contribution is 0.0440. The normalized spacial score (nSPS) is 43.2. The van der Waals surface area contributed by atoms with Gasteiger partial charge in [-0.25, -0.2) is 0 Å². The Bertz CT molecular complexity index is 246. The summed E-state index contributed by atoms with van der Waals surface area (Å²) in [5.74, 6) is 0.875. The summed E-state index contributed by atoms with van der Waals surface area (Å²) in [6.45, 7) is 5.41. The van der Waals surface area contributed by atoms with Crippen LogP contribution in [-0.2, 0) is 4.74 Å². The first kappa shape index (κ1) is 13.3. The average molecular weight is 240 g/mol. The molecule has 1 heterocycles. The number of hydrogen-bond donors (Lipinski definition) is 1. The Hall–Kier alpha value is -0.120. The van der Waals surface area contributed by atoms with Crippen LogP contribution in [0.15, 0.2) is 0 Å². The van der Waals surface area contributed by atoms with Crippen molar-refractivity contribution in [1.82, 2.24) is 4.90 Å². The lowest BCUT2D eigenvalue weighted by Crippen LogP contribution is -2.54. The molecule has 2 fully saturated rings. The van der Waals surface area contributed by atoms with E-state index in [-0.39, 0.29) is 0 Å². The largest absolute Gasteiger partial charge is 0.377 e. The average Bonchev–Trinajstić information content (AvgIpc) is 2.75. The molecule has 3 nitrogen and oxygen atoms in total. The van der Waals surface area contributed by atoms with Crippen LogP contribution in [0.5, 0.6) is 0 Å². The molecule has 0 spiro atoms. The molecule has 2 N–H and O–H groups in total. The van der Waals surface area contributed by atoms with E-state index >= 15 is 0 Å². The van der Waals surface area contributed by atoms with E-state index in [4.69, 9.17) is 10.5 Å². The van der Waals surface area contributed by atoms with Crippen molar-refractivity contribution in [2.24, 2.45) is 11.7 Å². The molecule has 17 heavy (non-hydrogen) atoms. The summed E-state index contributed by atoms with van der Waals surface area (Å²) in [7, 11) is 2.25. The highest BCUT2D eigenvalue weighted by Crippen LogP contribution is 2.31. The molecule has 1 saturated carbocycles. The van der Waals surface area contributed by atoms with Gasteiger partial charge in [0.2, 0.25) is 0 Å². The summed E-state index contributed by atoms with van der Waals surface area (Å²) in [6.07, 6.45) is 6.62. The van der Waals surface area contributed by atoms with Crippen LogP contribution in [0.4, 0.5) is 0 Å². The third-order valence-corrected chi connectivity index (χ3v) is 4.94. The van der Waals surface area contributed by atoms with Crippen LogP contribution in [0.2, 0.25) is 0 Å². The van der Waals surface area contributed by atoms with Crippen molar-refractivity contribution in [1.29, 1.82) is 0 Å². The highest BCUT2D eigenvalue weighted by Gasteiger charge is 2.36.